The van der Waals surface area contributed by atoms with Crippen LogP contribution in [0, 0.1) is 17.7 Å². The number of nitrogens with zero attached hydrogens (tertiary/aromatic N) is 3. The number of aromatic nitrogens is 2. The highest BCUT2D eigenvalue weighted by Gasteiger charge is 2.42. The molecule has 2 heterocycles. The number of nitrogens with two attached hydrogens (primary N) is 1. The molecule has 1 fully saturated rings. The Morgan fingerprint density at radius 1 is 1.25 bits per heavy atom. The van der Waals surface area contributed by atoms with E-state index in [2.05, 4.69) is 14.5 Å². The standard InChI is InChI=1S/C27H31Cl2FN4O2/c1-27(36-26(31)35,15-33-9-8-18-11-20(30)6-7-24(18)33)19(10-17-4-2-3-5-17)14-34-16-32-23-12-21(28)22(29)13-25(23)34/h6-7,11-13,16-17,19H,2-5,8-10,14-15H2,1H3,(H2,31,35)/t19-,27+/m0/s1. The molecule has 2 aromatic carbocycles. The third-order valence-corrected chi connectivity index (χ3v) is 8.63. The number of benzene rings is 2. The average molecular weight is 533 g/mol. The highest BCUT2D eigenvalue weighted by Crippen LogP contribution is 2.40. The second kappa shape index (κ2) is 10.1. The van der Waals surface area contributed by atoms with E-state index in [1.165, 1.54) is 31.7 Å². The van der Waals surface area contributed by atoms with Gasteiger partial charge in [0.1, 0.15) is 11.4 Å². The van der Waals surface area contributed by atoms with Gasteiger partial charge < -0.3 is 19.9 Å². The minimum atomic E-state index is -0.878. The van der Waals surface area contributed by atoms with Crippen LogP contribution in [0.1, 0.15) is 44.6 Å². The van der Waals surface area contributed by atoms with Crippen molar-refractivity contribution in [3.05, 3.63) is 58.1 Å². The maximum Gasteiger partial charge on any atom is 0.405 e. The summed E-state index contributed by atoms with van der Waals surface area (Å²) < 4.78 is 21.8. The molecule has 0 bridgehead atoms. The second-order valence-electron chi connectivity index (χ2n) is 10.4. The molecule has 3 aromatic rings. The van der Waals surface area contributed by atoms with Gasteiger partial charge in [0.05, 0.1) is 34.0 Å². The smallest absolute Gasteiger partial charge is 0.405 e. The van der Waals surface area contributed by atoms with E-state index in [-0.39, 0.29) is 11.7 Å². The van der Waals surface area contributed by atoms with Gasteiger partial charge >= 0.3 is 6.09 Å². The summed E-state index contributed by atoms with van der Waals surface area (Å²) in [5, 5.41) is 0.929. The van der Waals surface area contributed by atoms with Crippen LogP contribution in [0.4, 0.5) is 14.9 Å². The first-order chi connectivity index (χ1) is 17.2. The Morgan fingerprint density at radius 3 is 2.75 bits per heavy atom. The molecule has 192 valence electrons. The SMILES string of the molecule is C[C@](CN1CCc2cc(F)ccc21)(OC(N)=O)[C@@H](CC1CCCC1)Cn1cnc2cc(Cl)c(Cl)cc21. The van der Waals surface area contributed by atoms with Gasteiger partial charge in [-0.05, 0) is 61.6 Å². The van der Waals surface area contributed by atoms with Crippen LogP contribution in [-0.2, 0) is 17.7 Å². The number of halogens is 3. The molecule has 9 heteroatoms. The van der Waals surface area contributed by atoms with Crippen molar-refractivity contribution in [3.63, 3.8) is 0 Å². The van der Waals surface area contributed by atoms with Gasteiger partial charge in [-0.2, -0.15) is 0 Å². The van der Waals surface area contributed by atoms with Gasteiger partial charge in [0.25, 0.3) is 0 Å². The Bertz CT molecular complexity index is 1280. The Kier molecular flexibility index (Phi) is 7.05. The molecule has 0 radical (unpaired) electrons. The molecule has 1 saturated carbocycles. The maximum atomic E-state index is 13.8. The predicted molar refractivity (Wildman–Crippen MR) is 141 cm³/mol. The van der Waals surface area contributed by atoms with Gasteiger partial charge in [0, 0.05) is 24.7 Å². The van der Waals surface area contributed by atoms with E-state index in [4.69, 9.17) is 33.7 Å². The molecular weight excluding hydrogens is 502 g/mol. The zero-order valence-corrected chi connectivity index (χ0v) is 21.9. The van der Waals surface area contributed by atoms with Crippen molar-refractivity contribution in [3.8, 4) is 0 Å². The molecule has 6 nitrogen and oxygen atoms in total. The summed E-state index contributed by atoms with van der Waals surface area (Å²) in [6, 6.07) is 8.47. The lowest BCUT2D eigenvalue weighted by Crippen LogP contribution is -2.51. The third-order valence-electron chi connectivity index (χ3n) is 7.91. The van der Waals surface area contributed by atoms with Gasteiger partial charge in [-0.25, -0.2) is 14.2 Å². The number of fused-ring (bicyclic) bond motifs is 2. The van der Waals surface area contributed by atoms with Crippen molar-refractivity contribution in [1.82, 2.24) is 9.55 Å². The molecular formula is C27H31Cl2FN4O2. The van der Waals surface area contributed by atoms with Crippen LogP contribution in [0.3, 0.4) is 0 Å². The number of rotatable bonds is 8. The number of amides is 1. The first-order valence-corrected chi connectivity index (χ1v) is 13.3. The quantitative estimate of drug-likeness (QED) is 0.354. The second-order valence-corrected chi connectivity index (χ2v) is 11.2. The molecule has 0 unspecified atom stereocenters. The number of primary amides is 1. The molecule has 2 aliphatic rings. The summed E-state index contributed by atoms with van der Waals surface area (Å²) in [5.41, 5.74) is 8.34. The highest BCUT2D eigenvalue weighted by molar-refractivity contribution is 6.42. The first-order valence-electron chi connectivity index (χ1n) is 12.5. The van der Waals surface area contributed by atoms with E-state index in [1.807, 2.05) is 19.1 Å². The summed E-state index contributed by atoms with van der Waals surface area (Å²) >= 11 is 12.5. The van der Waals surface area contributed by atoms with Crippen molar-refractivity contribution in [2.45, 2.75) is 57.6 Å². The molecule has 2 N–H and O–H groups in total. The van der Waals surface area contributed by atoms with E-state index in [9.17, 15) is 9.18 Å². The summed E-state index contributed by atoms with van der Waals surface area (Å²) in [6.07, 6.45) is 7.42. The van der Waals surface area contributed by atoms with Gasteiger partial charge in [-0.3, -0.25) is 0 Å². The molecule has 1 amide bonds. The zero-order chi connectivity index (χ0) is 25.4. The molecule has 36 heavy (non-hydrogen) atoms. The lowest BCUT2D eigenvalue weighted by Gasteiger charge is -2.41. The number of anilines is 1. The fourth-order valence-electron chi connectivity index (χ4n) is 6.06. The number of hydrogen-bond donors (Lipinski definition) is 1. The van der Waals surface area contributed by atoms with Crippen LogP contribution in [0.15, 0.2) is 36.7 Å². The van der Waals surface area contributed by atoms with E-state index in [1.54, 1.807) is 18.5 Å². The summed E-state index contributed by atoms with van der Waals surface area (Å²) in [6.45, 7) is 3.75. The Balaban J connectivity index is 1.49. The lowest BCUT2D eigenvalue weighted by molar-refractivity contribution is -0.0239. The Morgan fingerprint density at radius 2 is 2.00 bits per heavy atom. The van der Waals surface area contributed by atoms with Crippen LogP contribution >= 0.6 is 23.2 Å². The molecule has 0 saturated heterocycles. The Labute approximate surface area is 220 Å². The van der Waals surface area contributed by atoms with Crippen molar-refractivity contribution >= 4 is 46.0 Å². The van der Waals surface area contributed by atoms with Crippen molar-refractivity contribution in [2.75, 3.05) is 18.0 Å². The monoisotopic (exact) mass is 532 g/mol. The molecule has 1 aromatic heterocycles. The summed E-state index contributed by atoms with van der Waals surface area (Å²) in [7, 11) is 0. The summed E-state index contributed by atoms with van der Waals surface area (Å²) in [5.74, 6) is 0.277. The van der Waals surface area contributed by atoms with Gasteiger partial charge in [0.2, 0.25) is 0 Å². The van der Waals surface area contributed by atoms with Gasteiger partial charge in [0.15, 0.2) is 0 Å². The number of carbonyl (C=O) groups is 1. The van der Waals surface area contributed by atoms with Crippen molar-refractivity contribution in [2.24, 2.45) is 17.6 Å². The van der Waals surface area contributed by atoms with E-state index in [0.29, 0.717) is 29.1 Å². The minimum Gasteiger partial charge on any atom is -0.441 e. The normalized spacial score (nSPS) is 18.4. The molecule has 5 rings (SSSR count). The van der Waals surface area contributed by atoms with E-state index >= 15 is 0 Å². The average Bonchev–Trinajstić information content (AvgIpc) is 3.55. The minimum absolute atomic E-state index is 0.0375. The Hall–Kier alpha value is -2.51. The summed E-state index contributed by atoms with van der Waals surface area (Å²) in [4.78, 5) is 18.9. The lowest BCUT2D eigenvalue weighted by atomic mass is 9.80. The van der Waals surface area contributed by atoms with Crippen LogP contribution < -0.4 is 10.6 Å². The molecule has 2 atom stereocenters. The number of hydrogen-bond acceptors (Lipinski definition) is 4. The number of ether oxygens (including phenoxy) is 1. The van der Waals surface area contributed by atoms with Crippen molar-refractivity contribution in [1.29, 1.82) is 0 Å². The van der Waals surface area contributed by atoms with Crippen LogP contribution in [0.25, 0.3) is 11.0 Å². The predicted octanol–water partition coefficient (Wildman–Crippen LogP) is 6.60. The maximum absolute atomic E-state index is 13.8. The van der Waals surface area contributed by atoms with Crippen molar-refractivity contribution < 1.29 is 13.9 Å². The fraction of sp³-hybridized carbons (Fsp3) is 0.481. The fourth-order valence-corrected chi connectivity index (χ4v) is 6.37. The van der Waals surface area contributed by atoms with E-state index < -0.39 is 11.7 Å². The third kappa shape index (κ3) is 5.14. The zero-order valence-electron chi connectivity index (χ0n) is 20.4. The van der Waals surface area contributed by atoms with Crippen LogP contribution in [0.5, 0.6) is 0 Å². The number of carbonyl (C=O) groups excluding carboxylic acids is 1. The molecule has 0 spiro atoms. The van der Waals surface area contributed by atoms with Crippen LogP contribution in [-0.4, -0.2) is 34.3 Å². The largest absolute Gasteiger partial charge is 0.441 e. The first kappa shape index (κ1) is 25.2. The molecule has 1 aliphatic heterocycles. The van der Waals surface area contributed by atoms with Gasteiger partial charge in [-0.1, -0.05) is 48.9 Å². The van der Waals surface area contributed by atoms with Crippen LogP contribution in [0.2, 0.25) is 10.0 Å². The van der Waals surface area contributed by atoms with E-state index in [0.717, 1.165) is 41.7 Å². The topological polar surface area (TPSA) is 73.4 Å². The highest BCUT2D eigenvalue weighted by atomic mass is 35.5. The number of imidazole rings is 1. The molecule has 1 aliphatic carbocycles. The van der Waals surface area contributed by atoms with Gasteiger partial charge in [-0.15, -0.1) is 0 Å².